The summed E-state index contributed by atoms with van der Waals surface area (Å²) in [5, 5.41) is 3.63. The van der Waals surface area contributed by atoms with Gasteiger partial charge in [0.05, 0.1) is 0 Å². The third-order valence-electron chi connectivity index (χ3n) is 3.22. The van der Waals surface area contributed by atoms with Crippen molar-refractivity contribution in [2.45, 2.75) is 53.5 Å². The Morgan fingerprint density at radius 3 is 2.00 bits per heavy atom. The quantitative estimate of drug-likeness (QED) is 0.601. The second-order valence-electron chi connectivity index (χ2n) is 5.33. The highest BCUT2D eigenvalue weighted by atomic mass is 14.9. The molecule has 15 heavy (non-hydrogen) atoms. The Morgan fingerprint density at radius 1 is 1.07 bits per heavy atom. The van der Waals surface area contributed by atoms with E-state index in [1.54, 1.807) is 0 Å². The van der Waals surface area contributed by atoms with Gasteiger partial charge < -0.3 is 5.32 Å². The SMILES string of the molecule is C=CCCC(C)NCC(C(C)C)C(C)C. The van der Waals surface area contributed by atoms with Crippen LogP contribution in [0.15, 0.2) is 12.7 Å². The number of nitrogens with one attached hydrogen (secondary N) is 1. The molecule has 1 unspecified atom stereocenters. The van der Waals surface area contributed by atoms with Crippen LogP contribution >= 0.6 is 0 Å². The number of rotatable bonds is 8. The Hall–Kier alpha value is -0.300. The zero-order valence-electron chi connectivity index (χ0n) is 11.2. The van der Waals surface area contributed by atoms with Crippen LogP contribution in [0, 0.1) is 17.8 Å². The molecule has 0 fully saturated rings. The molecule has 0 heterocycles. The van der Waals surface area contributed by atoms with Crippen molar-refractivity contribution < 1.29 is 0 Å². The first-order valence-corrected chi connectivity index (χ1v) is 6.33. The molecular formula is C14H29N. The molecule has 0 spiro atoms. The Labute approximate surface area is 96.3 Å². The molecule has 0 amide bonds. The van der Waals surface area contributed by atoms with Gasteiger partial charge in [0.1, 0.15) is 0 Å². The fourth-order valence-corrected chi connectivity index (χ4v) is 2.05. The molecule has 0 radical (unpaired) electrons. The van der Waals surface area contributed by atoms with E-state index < -0.39 is 0 Å². The van der Waals surface area contributed by atoms with Gasteiger partial charge in [0.2, 0.25) is 0 Å². The first-order valence-electron chi connectivity index (χ1n) is 6.33. The van der Waals surface area contributed by atoms with Gasteiger partial charge in [-0.2, -0.15) is 0 Å². The predicted octanol–water partition coefficient (Wildman–Crippen LogP) is 3.86. The van der Waals surface area contributed by atoms with E-state index >= 15 is 0 Å². The Balaban J connectivity index is 3.83. The molecule has 0 bridgehead atoms. The van der Waals surface area contributed by atoms with Crippen LogP contribution in [0.5, 0.6) is 0 Å². The van der Waals surface area contributed by atoms with Gasteiger partial charge in [-0.05, 0) is 44.1 Å². The summed E-state index contributed by atoms with van der Waals surface area (Å²) in [5.74, 6) is 2.32. The van der Waals surface area contributed by atoms with E-state index in [2.05, 4.69) is 46.5 Å². The molecule has 0 aromatic carbocycles. The number of hydrogen-bond donors (Lipinski definition) is 1. The minimum Gasteiger partial charge on any atom is -0.314 e. The van der Waals surface area contributed by atoms with Gasteiger partial charge in [0, 0.05) is 6.04 Å². The first-order chi connectivity index (χ1) is 6.99. The lowest BCUT2D eigenvalue weighted by atomic mass is 9.85. The van der Waals surface area contributed by atoms with Gasteiger partial charge in [0.15, 0.2) is 0 Å². The summed E-state index contributed by atoms with van der Waals surface area (Å²) in [6.45, 7) is 16.4. The maximum Gasteiger partial charge on any atom is 0.00417 e. The van der Waals surface area contributed by atoms with E-state index in [-0.39, 0.29) is 0 Å². The normalized spacial score (nSPS) is 13.9. The lowest BCUT2D eigenvalue weighted by Crippen LogP contribution is -2.35. The molecule has 0 aliphatic carbocycles. The lowest BCUT2D eigenvalue weighted by molar-refractivity contribution is 0.266. The van der Waals surface area contributed by atoms with E-state index in [1.807, 2.05) is 6.08 Å². The van der Waals surface area contributed by atoms with E-state index in [0.717, 1.165) is 30.7 Å². The molecule has 0 saturated carbocycles. The molecule has 0 rings (SSSR count). The zero-order valence-corrected chi connectivity index (χ0v) is 11.2. The minimum absolute atomic E-state index is 0.614. The standard InChI is InChI=1S/C14H29N/c1-7-8-9-13(6)15-10-14(11(2)3)12(4)5/h7,11-15H,1,8-10H2,2-6H3. The second kappa shape index (κ2) is 7.92. The minimum atomic E-state index is 0.614. The van der Waals surface area contributed by atoms with Crippen molar-refractivity contribution in [3.8, 4) is 0 Å². The van der Waals surface area contributed by atoms with Crippen molar-refractivity contribution in [3.05, 3.63) is 12.7 Å². The fraction of sp³-hybridized carbons (Fsp3) is 0.857. The maximum absolute atomic E-state index is 3.76. The fourth-order valence-electron chi connectivity index (χ4n) is 2.05. The average molecular weight is 211 g/mol. The zero-order chi connectivity index (χ0) is 11.8. The molecule has 1 atom stereocenters. The molecule has 1 nitrogen and oxygen atoms in total. The summed E-state index contributed by atoms with van der Waals surface area (Å²) in [7, 11) is 0. The van der Waals surface area contributed by atoms with Crippen LogP contribution in [0.3, 0.4) is 0 Å². The summed E-state index contributed by atoms with van der Waals surface area (Å²) < 4.78 is 0. The van der Waals surface area contributed by atoms with Crippen LogP contribution in [0.4, 0.5) is 0 Å². The van der Waals surface area contributed by atoms with Crippen molar-refractivity contribution in [3.63, 3.8) is 0 Å². The Morgan fingerprint density at radius 2 is 1.60 bits per heavy atom. The van der Waals surface area contributed by atoms with Crippen molar-refractivity contribution >= 4 is 0 Å². The first kappa shape index (κ1) is 14.7. The average Bonchev–Trinajstić information content (AvgIpc) is 2.13. The van der Waals surface area contributed by atoms with Gasteiger partial charge in [-0.15, -0.1) is 6.58 Å². The van der Waals surface area contributed by atoms with Gasteiger partial charge >= 0.3 is 0 Å². The number of hydrogen-bond acceptors (Lipinski definition) is 1. The molecule has 0 saturated heterocycles. The van der Waals surface area contributed by atoms with E-state index in [9.17, 15) is 0 Å². The highest BCUT2D eigenvalue weighted by Gasteiger charge is 2.17. The van der Waals surface area contributed by atoms with Gasteiger partial charge in [0.25, 0.3) is 0 Å². The van der Waals surface area contributed by atoms with Crippen LogP contribution in [0.25, 0.3) is 0 Å². The van der Waals surface area contributed by atoms with Gasteiger partial charge in [-0.25, -0.2) is 0 Å². The van der Waals surface area contributed by atoms with E-state index in [1.165, 1.54) is 6.42 Å². The largest absolute Gasteiger partial charge is 0.314 e. The summed E-state index contributed by atoms with van der Waals surface area (Å²) in [5.41, 5.74) is 0. The molecule has 1 heteroatoms. The summed E-state index contributed by atoms with van der Waals surface area (Å²) in [6.07, 6.45) is 4.31. The Kier molecular flexibility index (Phi) is 7.76. The third kappa shape index (κ3) is 6.72. The lowest BCUT2D eigenvalue weighted by Gasteiger charge is -2.27. The van der Waals surface area contributed by atoms with E-state index in [0.29, 0.717) is 6.04 Å². The highest BCUT2D eigenvalue weighted by molar-refractivity contribution is 4.74. The third-order valence-corrected chi connectivity index (χ3v) is 3.22. The molecule has 0 aromatic heterocycles. The van der Waals surface area contributed by atoms with Crippen LogP contribution < -0.4 is 5.32 Å². The van der Waals surface area contributed by atoms with Crippen LogP contribution in [-0.4, -0.2) is 12.6 Å². The van der Waals surface area contributed by atoms with Crippen molar-refractivity contribution in [2.75, 3.05) is 6.54 Å². The molecular weight excluding hydrogens is 182 g/mol. The van der Waals surface area contributed by atoms with Crippen molar-refractivity contribution in [2.24, 2.45) is 17.8 Å². The maximum atomic E-state index is 3.76. The molecule has 90 valence electrons. The summed E-state index contributed by atoms with van der Waals surface area (Å²) >= 11 is 0. The Bertz CT molecular complexity index is 153. The van der Waals surface area contributed by atoms with Crippen molar-refractivity contribution in [1.82, 2.24) is 5.32 Å². The highest BCUT2D eigenvalue weighted by Crippen LogP contribution is 2.19. The summed E-state index contributed by atoms with van der Waals surface area (Å²) in [4.78, 5) is 0. The van der Waals surface area contributed by atoms with Gasteiger partial charge in [-0.1, -0.05) is 33.8 Å². The van der Waals surface area contributed by atoms with Gasteiger partial charge in [-0.3, -0.25) is 0 Å². The predicted molar refractivity (Wildman–Crippen MR) is 70.1 cm³/mol. The molecule has 0 aliphatic rings. The van der Waals surface area contributed by atoms with Crippen molar-refractivity contribution in [1.29, 1.82) is 0 Å². The van der Waals surface area contributed by atoms with Crippen LogP contribution in [0.1, 0.15) is 47.5 Å². The number of allylic oxidation sites excluding steroid dienone is 1. The molecule has 0 aliphatic heterocycles. The van der Waals surface area contributed by atoms with E-state index in [4.69, 9.17) is 0 Å². The topological polar surface area (TPSA) is 12.0 Å². The molecule has 0 aromatic rings. The smallest absolute Gasteiger partial charge is 0.00417 e. The monoisotopic (exact) mass is 211 g/mol. The summed E-state index contributed by atoms with van der Waals surface area (Å²) in [6, 6.07) is 0.614. The van der Waals surface area contributed by atoms with Crippen LogP contribution in [0.2, 0.25) is 0 Å². The molecule has 1 N–H and O–H groups in total. The second-order valence-corrected chi connectivity index (χ2v) is 5.33. The van der Waals surface area contributed by atoms with Crippen LogP contribution in [-0.2, 0) is 0 Å².